The molecule has 0 bridgehead atoms. The number of hydrogen-bond donors (Lipinski definition) is 3. The quantitative estimate of drug-likeness (QED) is 0.532. The molecule has 1 unspecified atom stereocenters. The molecule has 0 aromatic carbocycles. The Kier molecular flexibility index (Phi) is 3.78. The minimum atomic E-state index is -0.443. The average Bonchev–Trinajstić information content (AvgIpc) is 2.56. The second kappa shape index (κ2) is 5.12. The van der Waals surface area contributed by atoms with Crippen LogP contribution in [0.25, 0.3) is 0 Å². The fraction of sp³-hybridized carbons (Fsp3) is 0.909. The molecule has 16 heavy (non-hydrogen) atoms. The third-order valence-corrected chi connectivity index (χ3v) is 3.50. The first-order valence-electron chi connectivity index (χ1n) is 6.10. The SMILES string of the molecule is N[C@@H]1CC[C@H](C(=O)N2CCNCC(O)C2)C1. The highest BCUT2D eigenvalue weighted by Crippen LogP contribution is 2.26. The molecule has 2 fully saturated rings. The molecule has 4 N–H and O–H groups in total. The minimum Gasteiger partial charge on any atom is -0.390 e. The van der Waals surface area contributed by atoms with Crippen molar-refractivity contribution in [3.63, 3.8) is 0 Å². The lowest BCUT2D eigenvalue weighted by molar-refractivity contribution is -0.136. The number of nitrogens with two attached hydrogens (primary N) is 1. The molecule has 3 atom stereocenters. The van der Waals surface area contributed by atoms with Crippen LogP contribution in [-0.2, 0) is 4.79 Å². The van der Waals surface area contributed by atoms with Crippen LogP contribution >= 0.6 is 0 Å². The third kappa shape index (κ3) is 2.72. The number of aliphatic hydroxyl groups is 1. The van der Waals surface area contributed by atoms with E-state index < -0.39 is 6.10 Å². The first-order valence-corrected chi connectivity index (χ1v) is 6.10. The van der Waals surface area contributed by atoms with Gasteiger partial charge in [-0.25, -0.2) is 0 Å². The highest BCUT2D eigenvalue weighted by molar-refractivity contribution is 5.79. The van der Waals surface area contributed by atoms with Crippen LogP contribution in [0.1, 0.15) is 19.3 Å². The van der Waals surface area contributed by atoms with Crippen molar-refractivity contribution in [3.8, 4) is 0 Å². The van der Waals surface area contributed by atoms with Gasteiger partial charge in [0.05, 0.1) is 6.10 Å². The van der Waals surface area contributed by atoms with E-state index >= 15 is 0 Å². The summed E-state index contributed by atoms with van der Waals surface area (Å²) >= 11 is 0. The van der Waals surface area contributed by atoms with Gasteiger partial charge >= 0.3 is 0 Å². The standard InChI is InChI=1S/C11H21N3O2/c12-9-2-1-8(5-9)11(16)14-4-3-13-6-10(15)7-14/h8-10,13,15H,1-7,12H2/t8-,9+,10?/m0/s1. The largest absolute Gasteiger partial charge is 0.390 e. The molecular formula is C11H21N3O2. The van der Waals surface area contributed by atoms with Crippen molar-refractivity contribution in [3.05, 3.63) is 0 Å². The van der Waals surface area contributed by atoms with Crippen molar-refractivity contribution in [2.75, 3.05) is 26.2 Å². The maximum absolute atomic E-state index is 12.2. The monoisotopic (exact) mass is 227 g/mol. The zero-order valence-electron chi connectivity index (χ0n) is 9.56. The molecule has 1 aliphatic heterocycles. The van der Waals surface area contributed by atoms with Gasteiger partial charge in [0.25, 0.3) is 0 Å². The van der Waals surface area contributed by atoms with Gasteiger partial charge in [0.15, 0.2) is 0 Å². The summed E-state index contributed by atoms with van der Waals surface area (Å²) in [7, 11) is 0. The number of carbonyl (C=O) groups excluding carboxylic acids is 1. The Labute approximate surface area is 96.0 Å². The van der Waals surface area contributed by atoms with Gasteiger partial charge in [-0.15, -0.1) is 0 Å². The summed E-state index contributed by atoms with van der Waals surface area (Å²) in [4.78, 5) is 14.0. The number of hydrogen-bond acceptors (Lipinski definition) is 4. The highest BCUT2D eigenvalue weighted by Gasteiger charge is 2.32. The molecule has 0 aromatic rings. The lowest BCUT2D eigenvalue weighted by Crippen LogP contribution is -2.41. The van der Waals surface area contributed by atoms with Gasteiger partial charge in [-0.1, -0.05) is 0 Å². The summed E-state index contributed by atoms with van der Waals surface area (Å²) in [5, 5.41) is 12.7. The fourth-order valence-electron chi connectivity index (χ4n) is 2.59. The van der Waals surface area contributed by atoms with Crippen LogP contribution in [0.15, 0.2) is 0 Å². The van der Waals surface area contributed by atoms with Gasteiger partial charge in [0.1, 0.15) is 0 Å². The van der Waals surface area contributed by atoms with Gasteiger partial charge in [-0.05, 0) is 19.3 Å². The molecule has 1 aliphatic carbocycles. The summed E-state index contributed by atoms with van der Waals surface area (Å²) < 4.78 is 0. The van der Waals surface area contributed by atoms with Crippen molar-refractivity contribution < 1.29 is 9.90 Å². The summed E-state index contributed by atoms with van der Waals surface area (Å²) in [6.45, 7) is 2.49. The molecule has 2 rings (SSSR count). The van der Waals surface area contributed by atoms with Crippen molar-refractivity contribution >= 4 is 5.91 Å². The van der Waals surface area contributed by atoms with Crippen LogP contribution < -0.4 is 11.1 Å². The predicted octanol–water partition coefficient (Wildman–Crippen LogP) is -1.09. The lowest BCUT2D eigenvalue weighted by Gasteiger charge is -2.24. The molecular weight excluding hydrogens is 206 g/mol. The van der Waals surface area contributed by atoms with Crippen molar-refractivity contribution in [2.45, 2.75) is 31.4 Å². The lowest BCUT2D eigenvalue weighted by atomic mass is 10.1. The maximum atomic E-state index is 12.2. The van der Waals surface area contributed by atoms with E-state index in [-0.39, 0.29) is 17.9 Å². The molecule has 1 heterocycles. The summed E-state index contributed by atoms with van der Waals surface area (Å²) in [5.41, 5.74) is 5.82. The number of carbonyl (C=O) groups is 1. The molecule has 0 spiro atoms. The Morgan fingerprint density at radius 2 is 2.25 bits per heavy atom. The summed E-state index contributed by atoms with van der Waals surface area (Å²) in [6.07, 6.45) is 2.21. The van der Waals surface area contributed by atoms with Gasteiger partial charge < -0.3 is 21.1 Å². The fourth-order valence-corrected chi connectivity index (χ4v) is 2.59. The van der Waals surface area contributed by atoms with Gasteiger partial charge in [-0.3, -0.25) is 4.79 Å². The molecule has 5 heteroatoms. The van der Waals surface area contributed by atoms with E-state index in [2.05, 4.69) is 5.32 Å². The van der Waals surface area contributed by atoms with E-state index in [4.69, 9.17) is 5.73 Å². The summed E-state index contributed by atoms with van der Waals surface area (Å²) in [5.74, 6) is 0.260. The Bertz CT molecular complexity index is 260. The first-order chi connectivity index (χ1) is 7.66. The number of rotatable bonds is 1. The Balaban J connectivity index is 1.92. The Morgan fingerprint density at radius 1 is 1.44 bits per heavy atom. The second-order valence-electron chi connectivity index (χ2n) is 4.91. The van der Waals surface area contributed by atoms with Gasteiger partial charge in [0, 0.05) is 38.1 Å². The number of nitrogens with one attached hydrogen (secondary N) is 1. The van der Waals surface area contributed by atoms with Crippen LogP contribution in [0, 0.1) is 5.92 Å². The summed E-state index contributed by atoms with van der Waals surface area (Å²) in [6, 6.07) is 0.184. The van der Waals surface area contributed by atoms with E-state index in [0.29, 0.717) is 19.6 Å². The number of β-amino-alcohol motifs (C(OH)–C–C–N with tert-alkyl or cyclic N) is 1. The van der Waals surface area contributed by atoms with Crippen LogP contribution in [-0.4, -0.2) is 54.2 Å². The molecule has 2 aliphatic rings. The van der Waals surface area contributed by atoms with Gasteiger partial charge in [-0.2, -0.15) is 0 Å². The topological polar surface area (TPSA) is 78.6 Å². The van der Waals surface area contributed by atoms with Gasteiger partial charge in [0.2, 0.25) is 5.91 Å². The maximum Gasteiger partial charge on any atom is 0.225 e. The highest BCUT2D eigenvalue weighted by atomic mass is 16.3. The molecule has 0 radical (unpaired) electrons. The van der Waals surface area contributed by atoms with Crippen molar-refractivity contribution in [1.82, 2.24) is 10.2 Å². The molecule has 5 nitrogen and oxygen atoms in total. The first kappa shape index (κ1) is 11.8. The zero-order valence-corrected chi connectivity index (χ0v) is 9.56. The number of amides is 1. The van der Waals surface area contributed by atoms with E-state index in [9.17, 15) is 9.90 Å². The van der Waals surface area contributed by atoms with Crippen molar-refractivity contribution in [2.24, 2.45) is 11.7 Å². The number of nitrogens with zero attached hydrogens (tertiary/aromatic N) is 1. The van der Waals surface area contributed by atoms with E-state index in [0.717, 1.165) is 25.8 Å². The van der Waals surface area contributed by atoms with Crippen LogP contribution in [0.2, 0.25) is 0 Å². The van der Waals surface area contributed by atoms with E-state index in [1.54, 1.807) is 4.90 Å². The Morgan fingerprint density at radius 3 is 2.94 bits per heavy atom. The van der Waals surface area contributed by atoms with E-state index in [1.807, 2.05) is 0 Å². The minimum absolute atomic E-state index is 0.0836. The predicted molar refractivity (Wildman–Crippen MR) is 60.8 cm³/mol. The third-order valence-electron chi connectivity index (χ3n) is 3.50. The molecule has 1 amide bonds. The zero-order chi connectivity index (χ0) is 11.5. The Hall–Kier alpha value is -0.650. The number of aliphatic hydroxyl groups excluding tert-OH is 1. The smallest absolute Gasteiger partial charge is 0.225 e. The van der Waals surface area contributed by atoms with Crippen LogP contribution in [0.3, 0.4) is 0 Å². The normalized spacial score (nSPS) is 36.1. The van der Waals surface area contributed by atoms with Crippen molar-refractivity contribution in [1.29, 1.82) is 0 Å². The molecule has 92 valence electrons. The van der Waals surface area contributed by atoms with Crippen LogP contribution in [0.4, 0.5) is 0 Å². The molecule has 0 aromatic heterocycles. The molecule has 1 saturated carbocycles. The average molecular weight is 227 g/mol. The second-order valence-corrected chi connectivity index (χ2v) is 4.91. The van der Waals surface area contributed by atoms with E-state index in [1.165, 1.54) is 0 Å². The molecule has 1 saturated heterocycles. The van der Waals surface area contributed by atoms with Crippen LogP contribution in [0.5, 0.6) is 0 Å².